The first kappa shape index (κ1) is 55.7. The second-order valence-electron chi connectivity index (χ2n) is 16.1. The maximum Gasteiger partial charge on any atom is 0.472 e. The Morgan fingerprint density at radius 3 is 1.26 bits per heavy atom. The quantitative estimate of drug-likeness (QED) is 0.0234. The molecule has 0 spiro atoms. The summed E-state index contributed by atoms with van der Waals surface area (Å²) in [5.41, 5.74) is 0. The van der Waals surface area contributed by atoms with Gasteiger partial charge in [-0.3, -0.25) is 18.6 Å². The summed E-state index contributed by atoms with van der Waals surface area (Å²) < 4.78 is 32.8. The predicted octanol–water partition coefficient (Wildman–Crippen LogP) is 12.8. The van der Waals surface area contributed by atoms with Crippen LogP contribution in [-0.4, -0.2) is 65.7 Å². The van der Waals surface area contributed by atoms with E-state index < -0.39 is 51.8 Å². The van der Waals surface area contributed by atoms with Crippen LogP contribution in [0.15, 0.2) is 12.2 Å². The Balaban J connectivity index is 4.21. The van der Waals surface area contributed by atoms with Gasteiger partial charge in [-0.1, -0.05) is 193 Å². The van der Waals surface area contributed by atoms with Crippen LogP contribution < -0.4 is 0 Å². The average Bonchev–Trinajstić information content (AvgIpc) is 3.20. The Labute approximate surface area is 349 Å². The fraction of sp³-hybridized carbons (Fsp3) is 0.913. The summed E-state index contributed by atoms with van der Waals surface area (Å²) in [5, 5.41) is 18.4. The van der Waals surface area contributed by atoms with Crippen molar-refractivity contribution >= 4 is 19.8 Å². The van der Waals surface area contributed by atoms with Crippen molar-refractivity contribution in [3.05, 3.63) is 12.2 Å². The van der Waals surface area contributed by atoms with Gasteiger partial charge >= 0.3 is 19.8 Å². The molecule has 0 aliphatic rings. The molecule has 57 heavy (non-hydrogen) atoms. The lowest BCUT2D eigenvalue weighted by Crippen LogP contribution is -2.29. The summed E-state index contributed by atoms with van der Waals surface area (Å²) in [4.78, 5) is 35.1. The van der Waals surface area contributed by atoms with Crippen LogP contribution >= 0.6 is 7.82 Å². The Morgan fingerprint density at radius 1 is 0.509 bits per heavy atom. The summed E-state index contributed by atoms with van der Waals surface area (Å²) in [5.74, 6) is -0.921. The number of ether oxygens (including phenoxy) is 2. The molecule has 0 bridgehead atoms. The Hall–Kier alpha value is -1.29. The molecule has 10 nitrogen and oxygen atoms in total. The van der Waals surface area contributed by atoms with Crippen LogP contribution in [0.25, 0.3) is 0 Å². The van der Waals surface area contributed by atoms with Gasteiger partial charge in [0.05, 0.1) is 19.8 Å². The summed E-state index contributed by atoms with van der Waals surface area (Å²) >= 11 is 0. The van der Waals surface area contributed by atoms with E-state index in [0.717, 1.165) is 57.8 Å². The van der Waals surface area contributed by atoms with E-state index in [1.165, 1.54) is 135 Å². The highest BCUT2D eigenvalue weighted by atomic mass is 31.2. The third-order valence-corrected chi connectivity index (χ3v) is 11.4. The van der Waals surface area contributed by atoms with Gasteiger partial charge in [-0.05, 0) is 38.5 Å². The van der Waals surface area contributed by atoms with E-state index in [0.29, 0.717) is 12.8 Å². The van der Waals surface area contributed by atoms with Gasteiger partial charge in [-0.25, -0.2) is 4.57 Å². The van der Waals surface area contributed by atoms with Crippen LogP contribution in [0.4, 0.5) is 0 Å². The maximum atomic E-state index is 12.6. The number of unbranched alkanes of at least 4 members (excludes halogenated alkanes) is 29. The molecular formula is C46H89O10P. The summed E-state index contributed by atoms with van der Waals surface area (Å²) in [6.07, 6.45) is 41.7. The SMILES string of the molecule is CCCCCCCCC/C=C\CCCCCCCC(=O)O[C@H](COC(=O)CCCCCCCCCCCCCCCCCCCC)COP(=O)(O)OC[C@@H](O)CO. The number of phosphoric acid groups is 1. The molecule has 0 aliphatic carbocycles. The number of aliphatic hydroxyl groups is 2. The number of esters is 2. The topological polar surface area (TPSA) is 149 Å². The van der Waals surface area contributed by atoms with E-state index in [4.69, 9.17) is 23.6 Å². The summed E-state index contributed by atoms with van der Waals surface area (Å²) in [6.45, 7) is 2.41. The van der Waals surface area contributed by atoms with Gasteiger partial charge in [0.2, 0.25) is 0 Å². The lowest BCUT2D eigenvalue weighted by atomic mass is 10.0. The molecule has 0 rings (SSSR count). The highest BCUT2D eigenvalue weighted by Gasteiger charge is 2.27. The molecule has 0 saturated carbocycles. The van der Waals surface area contributed by atoms with Crippen molar-refractivity contribution in [3.8, 4) is 0 Å². The lowest BCUT2D eigenvalue weighted by molar-refractivity contribution is -0.161. The molecule has 1 unspecified atom stereocenters. The third-order valence-electron chi connectivity index (χ3n) is 10.4. The van der Waals surface area contributed by atoms with E-state index in [-0.39, 0.29) is 19.4 Å². The van der Waals surface area contributed by atoms with Gasteiger partial charge in [0.25, 0.3) is 0 Å². The number of aliphatic hydroxyl groups excluding tert-OH is 2. The van der Waals surface area contributed by atoms with Crippen LogP contribution in [0.1, 0.15) is 232 Å². The molecule has 0 radical (unpaired) electrons. The molecule has 3 N–H and O–H groups in total. The van der Waals surface area contributed by atoms with Gasteiger partial charge in [-0.15, -0.1) is 0 Å². The summed E-state index contributed by atoms with van der Waals surface area (Å²) in [6, 6.07) is 0. The highest BCUT2D eigenvalue weighted by Crippen LogP contribution is 2.43. The molecule has 3 atom stereocenters. The van der Waals surface area contributed by atoms with Crippen LogP contribution in [-0.2, 0) is 32.7 Å². The van der Waals surface area contributed by atoms with Crippen molar-refractivity contribution < 1.29 is 47.8 Å². The third kappa shape index (κ3) is 42.6. The van der Waals surface area contributed by atoms with Crippen molar-refractivity contribution in [2.24, 2.45) is 0 Å². The number of allylic oxidation sites excluding steroid dienone is 2. The minimum Gasteiger partial charge on any atom is -0.462 e. The van der Waals surface area contributed by atoms with Gasteiger partial charge in [0.1, 0.15) is 12.7 Å². The molecule has 0 aromatic heterocycles. The number of phosphoric ester groups is 1. The van der Waals surface area contributed by atoms with Gasteiger partial charge < -0.3 is 24.6 Å². The second kappa shape index (κ2) is 42.8. The Morgan fingerprint density at radius 2 is 0.860 bits per heavy atom. The van der Waals surface area contributed by atoms with E-state index in [9.17, 15) is 24.2 Å². The molecular weight excluding hydrogens is 743 g/mol. The van der Waals surface area contributed by atoms with Gasteiger partial charge in [0.15, 0.2) is 6.10 Å². The number of carbonyl (C=O) groups excluding carboxylic acids is 2. The smallest absolute Gasteiger partial charge is 0.462 e. The van der Waals surface area contributed by atoms with Crippen LogP contribution in [0.3, 0.4) is 0 Å². The van der Waals surface area contributed by atoms with E-state index in [1.54, 1.807) is 0 Å². The largest absolute Gasteiger partial charge is 0.472 e. The minimum atomic E-state index is -4.62. The van der Waals surface area contributed by atoms with Crippen LogP contribution in [0.2, 0.25) is 0 Å². The minimum absolute atomic E-state index is 0.179. The Bertz CT molecular complexity index is 961. The monoisotopic (exact) mass is 833 g/mol. The predicted molar refractivity (Wildman–Crippen MR) is 233 cm³/mol. The molecule has 0 saturated heterocycles. The molecule has 0 fully saturated rings. The van der Waals surface area contributed by atoms with Crippen molar-refractivity contribution in [1.29, 1.82) is 0 Å². The standard InChI is InChI=1S/C46H89O10P/c1-3-5-7-9-11-13-15-17-19-21-22-24-25-27-29-31-33-35-37-45(49)53-41-44(42-55-57(51,52)54-40-43(48)39-47)56-46(50)38-36-34-32-30-28-26-23-20-18-16-14-12-10-8-6-4-2/h20,23,43-44,47-48H,3-19,21-22,24-42H2,1-2H3,(H,51,52)/b23-20-/t43-,44+/m0/s1. The van der Waals surface area contributed by atoms with Crippen molar-refractivity contribution in [3.63, 3.8) is 0 Å². The fourth-order valence-corrected chi connectivity index (χ4v) is 7.54. The van der Waals surface area contributed by atoms with Crippen LogP contribution in [0.5, 0.6) is 0 Å². The number of hydrogen-bond donors (Lipinski definition) is 3. The average molecular weight is 833 g/mol. The highest BCUT2D eigenvalue weighted by molar-refractivity contribution is 7.47. The number of hydrogen-bond acceptors (Lipinski definition) is 9. The fourth-order valence-electron chi connectivity index (χ4n) is 6.75. The van der Waals surface area contributed by atoms with Crippen molar-refractivity contribution in [2.75, 3.05) is 26.4 Å². The molecule has 0 aromatic rings. The first-order valence-electron chi connectivity index (χ1n) is 23.6. The molecule has 0 heterocycles. The zero-order valence-corrected chi connectivity index (χ0v) is 37.7. The number of rotatable bonds is 45. The van der Waals surface area contributed by atoms with E-state index in [1.807, 2.05) is 0 Å². The van der Waals surface area contributed by atoms with Crippen LogP contribution in [0, 0.1) is 0 Å². The maximum absolute atomic E-state index is 12.6. The Kier molecular flexibility index (Phi) is 41.9. The van der Waals surface area contributed by atoms with Crippen molar-refractivity contribution in [2.45, 2.75) is 244 Å². The molecule has 0 aliphatic heterocycles. The lowest BCUT2D eigenvalue weighted by Gasteiger charge is -2.20. The van der Waals surface area contributed by atoms with Crippen molar-refractivity contribution in [1.82, 2.24) is 0 Å². The van der Waals surface area contributed by atoms with E-state index in [2.05, 4.69) is 26.0 Å². The molecule has 338 valence electrons. The molecule has 11 heteroatoms. The molecule has 0 aromatic carbocycles. The normalized spacial score (nSPS) is 13.8. The second-order valence-corrected chi connectivity index (χ2v) is 17.6. The first-order chi connectivity index (χ1) is 27.7. The zero-order valence-electron chi connectivity index (χ0n) is 36.8. The zero-order chi connectivity index (χ0) is 41.9. The van der Waals surface area contributed by atoms with Gasteiger partial charge in [0, 0.05) is 12.8 Å². The first-order valence-corrected chi connectivity index (χ1v) is 25.1. The number of carbonyl (C=O) groups is 2. The van der Waals surface area contributed by atoms with Gasteiger partial charge in [-0.2, -0.15) is 0 Å². The molecule has 0 amide bonds. The van der Waals surface area contributed by atoms with E-state index >= 15 is 0 Å². The summed E-state index contributed by atoms with van der Waals surface area (Å²) in [7, 11) is -4.62.